The Morgan fingerprint density at radius 2 is 1.81 bits per heavy atom. The second kappa shape index (κ2) is 15.3. The van der Waals surface area contributed by atoms with Crippen molar-refractivity contribution in [2.24, 2.45) is 4.99 Å². The van der Waals surface area contributed by atoms with Gasteiger partial charge in [-0.15, -0.1) is 0 Å². The molecule has 3 aromatic carbocycles. The molecule has 47 heavy (non-hydrogen) atoms. The normalized spacial score (nSPS) is 14.6. The Kier molecular flexibility index (Phi) is 11.4. The van der Waals surface area contributed by atoms with Crippen LogP contribution >= 0.6 is 57.1 Å². The van der Waals surface area contributed by atoms with Crippen molar-refractivity contribution in [3.8, 4) is 17.2 Å². The smallest absolute Gasteiger partial charge is 0.338 e. The van der Waals surface area contributed by atoms with Gasteiger partial charge in [-0.2, -0.15) is 0 Å². The zero-order valence-corrected chi connectivity index (χ0v) is 30.9. The van der Waals surface area contributed by atoms with Crippen LogP contribution in [0.25, 0.3) is 6.08 Å². The average molecular weight is 808 g/mol. The maximum absolute atomic E-state index is 14.2. The summed E-state index contributed by atoms with van der Waals surface area (Å²) in [4.78, 5) is 32.7. The Morgan fingerprint density at radius 3 is 2.51 bits per heavy atom. The van der Waals surface area contributed by atoms with Crippen molar-refractivity contribution < 1.29 is 23.7 Å². The number of rotatable bonds is 11. The van der Waals surface area contributed by atoms with Gasteiger partial charge in [-0.25, -0.2) is 9.79 Å². The highest BCUT2D eigenvalue weighted by atomic mass is 127. The first kappa shape index (κ1) is 35.0. The van der Waals surface area contributed by atoms with E-state index in [1.165, 1.54) is 11.3 Å². The number of aromatic nitrogens is 1. The van der Waals surface area contributed by atoms with Crippen LogP contribution in [-0.4, -0.2) is 29.9 Å². The highest BCUT2D eigenvalue weighted by molar-refractivity contribution is 14.1. The largest absolute Gasteiger partial charge is 0.491 e. The third kappa shape index (κ3) is 7.72. The summed E-state index contributed by atoms with van der Waals surface area (Å²) in [6.45, 7) is 10.1. The van der Waals surface area contributed by atoms with Crippen LogP contribution in [0.5, 0.6) is 17.2 Å². The van der Waals surface area contributed by atoms with Crippen molar-refractivity contribution in [2.45, 2.75) is 53.4 Å². The van der Waals surface area contributed by atoms with Gasteiger partial charge < -0.3 is 18.9 Å². The predicted molar refractivity (Wildman–Crippen MR) is 194 cm³/mol. The number of carbonyl (C=O) groups excluding carboxylic acids is 1. The molecule has 0 amide bonds. The van der Waals surface area contributed by atoms with Crippen molar-refractivity contribution in [3.63, 3.8) is 0 Å². The van der Waals surface area contributed by atoms with E-state index in [1.54, 1.807) is 36.6 Å². The van der Waals surface area contributed by atoms with Gasteiger partial charge >= 0.3 is 5.97 Å². The first-order valence-corrected chi connectivity index (χ1v) is 17.7. The van der Waals surface area contributed by atoms with Gasteiger partial charge in [0.1, 0.15) is 18.4 Å². The van der Waals surface area contributed by atoms with E-state index in [-0.39, 0.29) is 24.9 Å². The molecule has 0 aliphatic carbocycles. The fraction of sp³-hybridized carbons (Fsp3) is 0.286. The predicted octanol–water partition coefficient (Wildman–Crippen LogP) is 7.47. The van der Waals surface area contributed by atoms with Crippen molar-refractivity contribution in [1.82, 2.24) is 4.57 Å². The van der Waals surface area contributed by atoms with Gasteiger partial charge in [0.25, 0.3) is 5.56 Å². The SMILES string of the molecule is CCOC(=O)C1=C(C)N=c2s/c(=C\c3cc(I)c(OCc4ccc(Cl)c(Cl)c4)c(OCC)c3)c(=O)n2[C@@H]1c1ccccc1OC(C)C. The third-order valence-electron chi connectivity index (χ3n) is 7.09. The topological polar surface area (TPSA) is 88.4 Å². The molecule has 12 heteroatoms. The van der Waals surface area contributed by atoms with Gasteiger partial charge in [0.05, 0.1) is 48.7 Å². The van der Waals surface area contributed by atoms with Crippen LogP contribution in [0.4, 0.5) is 0 Å². The Balaban J connectivity index is 1.60. The number of hydrogen-bond donors (Lipinski definition) is 0. The number of para-hydroxylation sites is 1. The molecule has 0 unspecified atom stereocenters. The molecule has 1 atom stereocenters. The van der Waals surface area contributed by atoms with Crippen molar-refractivity contribution in [3.05, 3.63) is 116 Å². The second-order valence-electron chi connectivity index (χ2n) is 10.8. The van der Waals surface area contributed by atoms with E-state index in [0.29, 0.717) is 60.1 Å². The number of halogens is 3. The Morgan fingerprint density at radius 1 is 1.04 bits per heavy atom. The summed E-state index contributed by atoms with van der Waals surface area (Å²) in [5.74, 6) is 1.16. The number of fused-ring (bicyclic) bond motifs is 1. The molecule has 0 saturated carbocycles. The lowest BCUT2D eigenvalue weighted by molar-refractivity contribution is -0.139. The summed E-state index contributed by atoms with van der Waals surface area (Å²) in [6, 6.07) is 15.7. The fourth-order valence-electron chi connectivity index (χ4n) is 5.16. The minimum atomic E-state index is -0.793. The lowest BCUT2D eigenvalue weighted by Crippen LogP contribution is -2.40. The highest BCUT2D eigenvalue weighted by Gasteiger charge is 2.35. The van der Waals surface area contributed by atoms with Crippen molar-refractivity contribution in [1.29, 1.82) is 0 Å². The number of carbonyl (C=O) groups is 1. The summed E-state index contributed by atoms with van der Waals surface area (Å²) in [5.41, 5.74) is 2.75. The molecular weight excluding hydrogens is 774 g/mol. The molecule has 0 bridgehead atoms. The van der Waals surface area contributed by atoms with E-state index < -0.39 is 12.0 Å². The molecule has 0 radical (unpaired) electrons. The van der Waals surface area contributed by atoms with E-state index in [2.05, 4.69) is 22.6 Å². The summed E-state index contributed by atoms with van der Waals surface area (Å²) in [5, 5.41) is 0.924. The van der Waals surface area contributed by atoms with E-state index in [0.717, 1.165) is 14.7 Å². The molecular formula is C35H33Cl2IN2O6S. The molecule has 0 saturated heterocycles. The van der Waals surface area contributed by atoms with E-state index in [4.69, 9.17) is 47.1 Å². The molecule has 0 fully saturated rings. The number of esters is 1. The van der Waals surface area contributed by atoms with E-state index >= 15 is 0 Å². The summed E-state index contributed by atoms with van der Waals surface area (Å²) in [6.07, 6.45) is 1.68. The number of hydrogen-bond acceptors (Lipinski definition) is 8. The van der Waals surface area contributed by atoms with Gasteiger partial charge in [0.15, 0.2) is 16.3 Å². The maximum atomic E-state index is 14.2. The standard InChI is InChI=1S/C35H33Cl2IN2O6S/c1-6-43-28-16-22(15-26(38)32(28)45-18-21-12-13-24(36)25(37)14-21)17-29-33(41)40-31(23-10-8-9-11-27(23)46-19(3)4)30(34(42)44-7-2)20(5)39-35(40)47-29/h8-17,19,31H,6-7,18H2,1-5H3/b29-17-/t31-/m1/s1. The van der Waals surface area contributed by atoms with Gasteiger partial charge in [0.2, 0.25) is 0 Å². The molecule has 5 rings (SSSR count). The van der Waals surface area contributed by atoms with Crippen LogP contribution in [-0.2, 0) is 16.1 Å². The maximum Gasteiger partial charge on any atom is 0.338 e. The molecule has 8 nitrogen and oxygen atoms in total. The minimum absolute atomic E-state index is 0.124. The molecule has 1 aliphatic rings. The van der Waals surface area contributed by atoms with Gasteiger partial charge in [-0.1, -0.05) is 58.8 Å². The third-order valence-corrected chi connectivity index (χ3v) is 9.61. The van der Waals surface area contributed by atoms with Gasteiger partial charge in [-0.05, 0) is 105 Å². The fourth-order valence-corrected chi connectivity index (χ4v) is 7.31. The lowest BCUT2D eigenvalue weighted by Gasteiger charge is -2.26. The minimum Gasteiger partial charge on any atom is -0.491 e. The molecule has 1 aromatic heterocycles. The summed E-state index contributed by atoms with van der Waals surface area (Å²) >= 11 is 15.7. The lowest BCUT2D eigenvalue weighted by atomic mass is 9.95. The summed E-state index contributed by atoms with van der Waals surface area (Å²) in [7, 11) is 0. The molecule has 0 spiro atoms. The molecule has 0 N–H and O–H groups in total. The number of thiazole rings is 1. The molecule has 2 heterocycles. The first-order valence-electron chi connectivity index (χ1n) is 15.0. The van der Waals surface area contributed by atoms with Crippen LogP contribution in [0.15, 0.2) is 75.7 Å². The van der Waals surface area contributed by atoms with Crippen LogP contribution in [0.3, 0.4) is 0 Å². The molecule has 1 aliphatic heterocycles. The quantitative estimate of drug-likeness (QED) is 0.116. The van der Waals surface area contributed by atoms with Gasteiger partial charge in [0, 0.05) is 5.56 Å². The van der Waals surface area contributed by atoms with Crippen LogP contribution in [0, 0.1) is 3.57 Å². The number of ether oxygens (including phenoxy) is 4. The monoisotopic (exact) mass is 806 g/mol. The second-order valence-corrected chi connectivity index (χ2v) is 13.8. The van der Waals surface area contributed by atoms with Crippen molar-refractivity contribution >= 4 is 69.2 Å². The average Bonchev–Trinajstić information content (AvgIpc) is 3.31. The first-order chi connectivity index (χ1) is 22.5. The summed E-state index contributed by atoms with van der Waals surface area (Å²) < 4.78 is 26.5. The molecule has 246 valence electrons. The highest BCUT2D eigenvalue weighted by Crippen LogP contribution is 2.37. The zero-order valence-electron chi connectivity index (χ0n) is 26.4. The van der Waals surface area contributed by atoms with E-state index in [1.807, 2.05) is 63.2 Å². The molecule has 4 aromatic rings. The van der Waals surface area contributed by atoms with E-state index in [9.17, 15) is 9.59 Å². The number of benzene rings is 3. The Labute approximate surface area is 300 Å². The number of allylic oxidation sites excluding steroid dienone is 1. The van der Waals surface area contributed by atoms with Crippen molar-refractivity contribution in [2.75, 3.05) is 13.2 Å². The van der Waals surface area contributed by atoms with Crippen LogP contribution < -0.4 is 29.1 Å². The zero-order chi connectivity index (χ0) is 33.8. The van der Waals surface area contributed by atoms with Crippen LogP contribution in [0.1, 0.15) is 57.4 Å². The Bertz CT molecular complexity index is 2040. The van der Waals surface area contributed by atoms with Crippen LogP contribution in [0.2, 0.25) is 10.0 Å². The van der Waals surface area contributed by atoms with Gasteiger partial charge in [-0.3, -0.25) is 9.36 Å². The number of nitrogens with zero attached hydrogens (tertiary/aromatic N) is 2. The Hall–Kier alpha value is -3.32.